The minimum atomic E-state index is -0.492. The van der Waals surface area contributed by atoms with E-state index in [-0.39, 0.29) is 35.5 Å². The van der Waals surface area contributed by atoms with Crippen LogP contribution in [0.3, 0.4) is 0 Å². The van der Waals surface area contributed by atoms with Crippen LogP contribution in [0.5, 0.6) is 23.0 Å². The molecule has 5 rings (SSSR count). The summed E-state index contributed by atoms with van der Waals surface area (Å²) in [4.78, 5) is 12.4. The Bertz CT molecular complexity index is 1190. The van der Waals surface area contributed by atoms with Crippen LogP contribution >= 0.6 is 0 Å². The van der Waals surface area contributed by atoms with E-state index in [9.17, 15) is 15.0 Å². The Kier molecular flexibility index (Phi) is 3.28. The Labute approximate surface area is 161 Å². The fraction of sp³-hybridized carbons (Fsp3) is 0.409. The van der Waals surface area contributed by atoms with Gasteiger partial charge in [0.2, 0.25) is 5.43 Å². The first kappa shape index (κ1) is 17.2. The number of ether oxygens (including phenoxy) is 2. The second kappa shape index (κ2) is 5.34. The number of rotatable bonds is 0. The highest BCUT2D eigenvalue weighted by molar-refractivity contribution is 6.02. The molecule has 6 heteroatoms. The lowest BCUT2D eigenvalue weighted by molar-refractivity contribution is 0.185. The van der Waals surface area contributed by atoms with Crippen molar-refractivity contribution >= 4 is 11.0 Å². The van der Waals surface area contributed by atoms with E-state index in [1.807, 2.05) is 34.6 Å². The van der Waals surface area contributed by atoms with Gasteiger partial charge in [-0.2, -0.15) is 0 Å². The monoisotopic (exact) mass is 382 g/mol. The van der Waals surface area contributed by atoms with Crippen LogP contribution in [0, 0.1) is 6.92 Å². The highest BCUT2D eigenvalue weighted by Crippen LogP contribution is 2.57. The molecule has 1 aromatic rings. The third-order valence-corrected chi connectivity index (χ3v) is 6.53. The van der Waals surface area contributed by atoms with Crippen LogP contribution in [0.2, 0.25) is 0 Å². The maximum absolute atomic E-state index is 12.4. The molecule has 0 saturated carbocycles. The van der Waals surface area contributed by atoms with E-state index in [1.54, 1.807) is 0 Å². The summed E-state index contributed by atoms with van der Waals surface area (Å²) < 4.78 is 18.4. The van der Waals surface area contributed by atoms with E-state index in [0.29, 0.717) is 39.4 Å². The summed E-state index contributed by atoms with van der Waals surface area (Å²) in [5, 5.41) is 22.0. The lowest BCUT2D eigenvalue weighted by Crippen LogP contribution is -2.27. The van der Waals surface area contributed by atoms with Crippen molar-refractivity contribution in [2.45, 2.75) is 58.7 Å². The van der Waals surface area contributed by atoms with Crippen molar-refractivity contribution in [3.8, 4) is 34.3 Å². The second-order valence-electron chi connectivity index (χ2n) is 8.09. The van der Waals surface area contributed by atoms with Crippen molar-refractivity contribution in [1.29, 1.82) is 0 Å². The van der Waals surface area contributed by atoms with Crippen molar-refractivity contribution in [3.05, 3.63) is 33.0 Å². The first-order chi connectivity index (χ1) is 13.2. The molecule has 0 spiro atoms. The smallest absolute Gasteiger partial charge is 0.224 e. The molecule has 146 valence electrons. The number of phenolic OH excluding ortho intramolecular Hbond substituents is 2. The first-order valence-electron chi connectivity index (χ1n) is 9.57. The maximum Gasteiger partial charge on any atom is 0.224 e. The molecule has 2 N–H and O–H groups in total. The van der Waals surface area contributed by atoms with Crippen LogP contribution < -0.4 is 14.9 Å². The van der Waals surface area contributed by atoms with Crippen LogP contribution in [-0.4, -0.2) is 22.4 Å². The number of phenols is 2. The Morgan fingerprint density at radius 2 is 1.50 bits per heavy atom. The number of fused-ring (bicyclic) bond motifs is 4. The summed E-state index contributed by atoms with van der Waals surface area (Å²) in [5.74, 6) is 1.01. The molecule has 0 radical (unpaired) electrons. The summed E-state index contributed by atoms with van der Waals surface area (Å²) in [6.45, 7) is 9.66. The van der Waals surface area contributed by atoms with E-state index in [2.05, 4.69) is 0 Å². The van der Waals surface area contributed by atoms with Crippen molar-refractivity contribution < 1.29 is 24.1 Å². The summed E-state index contributed by atoms with van der Waals surface area (Å²) in [5.41, 5.74) is 2.55. The molecular weight excluding hydrogens is 360 g/mol. The Morgan fingerprint density at radius 1 is 0.893 bits per heavy atom. The predicted molar refractivity (Wildman–Crippen MR) is 104 cm³/mol. The van der Waals surface area contributed by atoms with Gasteiger partial charge in [0, 0.05) is 29.0 Å². The molecule has 0 saturated heterocycles. The molecule has 4 aliphatic rings. The lowest BCUT2D eigenvalue weighted by atomic mass is 9.84. The molecule has 28 heavy (non-hydrogen) atoms. The molecule has 1 aromatic carbocycles. The van der Waals surface area contributed by atoms with Gasteiger partial charge in [0.05, 0.1) is 5.56 Å². The highest BCUT2D eigenvalue weighted by atomic mass is 16.5. The minimum Gasteiger partial charge on any atom is -0.507 e. The summed E-state index contributed by atoms with van der Waals surface area (Å²) in [6, 6.07) is 1.27. The Morgan fingerprint density at radius 3 is 2.18 bits per heavy atom. The van der Waals surface area contributed by atoms with Crippen LogP contribution in [0.15, 0.2) is 15.3 Å². The summed E-state index contributed by atoms with van der Waals surface area (Å²) >= 11 is 0. The highest BCUT2D eigenvalue weighted by Gasteiger charge is 2.40. The number of hydrogen-bond donors (Lipinski definition) is 2. The minimum absolute atomic E-state index is 0.0636. The van der Waals surface area contributed by atoms with Crippen molar-refractivity contribution in [3.63, 3.8) is 0 Å². The average Bonchev–Trinajstić information content (AvgIpc) is 2.95. The third-order valence-electron chi connectivity index (χ3n) is 6.53. The normalized spacial score (nSPS) is 25.6. The van der Waals surface area contributed by atoms with Gasteiger partial charge in [0.25, 0.3) is 0 Å². The van der Waals surface area contributed by atoms with Gasteiger partial charge < -0.3 is 24.1 Å². The SMILES string of the molecule is Cc1c2c(c3oc4cc(=O)c(O)c5c-4c(c3c1O)O[C@@H](C)[C@H]5C)O[C@@H](C)[C@H]2C. The zero-order valence-corrected chi connectivity index (χ0v) is 16.4. The average molecular weight is 382 g/mol. The van der Waals surface area contributed by atoms with E-state index in [4.69, 9.17) is 13.9 Å². The summed E-state index contributed by atoms with van der Waals surface area (Å²) in [6.07, 6.45) is -0.355. The van der Waals surface area contributed by atoms with Crippen LogP contribution in [-0.2, 0) is 0 Å². The zero-order chi connectivity index (χ0) is 20.1. The van der Waals surface area contributed by atoms with Gasteiger partial charge in [-0.3, -0.25) is 4.79 Å². The molecule has 4 atom stereocenters. The topological polar surface area (TPSA) is 89.1 Å². The molecule has 0 fully saturated rings. The van der Waals surface area contributed by atoms with Gasteiger partial charge in [-0.25, -0.2) is 0 Å². The van der Waals surface area contributed by atoms with E-state index in [1.165, 1.54) is 6.07 Å². The van der Waals surface area contributed by atoms with Gasteiger partial charge in [-0.1, -0.05) is 13.8 Å². The van der Waals surface area contributed by atoms with Gasteiger partial charge in [0.15, 0.2) is 17.1 Å². The van der Waals surface area contributed by atoms with Gasteiger partial charge in [-0.15, -0.1) is 0 Å². The maximum atomic E-state index is 12.4. The van der Waals surface area contributed by atoms with Gasteiger partial charge in [0.1, 0.15) is 34.9 Å². The van der Waals surface area contributed by atoms with Gasteiger partial charge >= 0.3 is 0 Å². The molecule has 3 heterocycles. The van der Waals surface area contributed by atoms with Crippen LogP contribution in [0.1, 0.15) is 56.2 Å². The lowest BCUT2D eigenvalue weighted by Gasteiger charge is -2.33. The molecule has 0 aromatic heterocycles. The van der Waals surface area contributed by atoms with E-state index in [0.717, 1.165) is 11.1 Å². The molecule has 3 aliphatic heterocycles. The standard InChI is InChI=1S/C22H22O6/c1-7-10(4)27-21-14(7)9(3)18(24)17-20-16-13(28-22(17)21)6-12(23)19(25)15(16)8(2)11(5)26-20/h6-8,10-11,24-25H,1-5H3/t7-,8-,10+,11+/m1/s1. The zero-order valence-electron chi connectivity index (χ0n) is 16.4. The Hall–Kier alpha value is -2.89. The summed E-state index contributed by atoms with van der Waals surface area (Å²) in [7, 11) is 0. The number of benzene rings is 2. The van der Waals surface area contributed by atoms with E-state index >= 15 is 0 Å². The molecule has 1 aliphatic carbocycles. The molecule has 0 amide bonds. The van der Waals surface area contributed by atoms with Crippen molar-refractivity contribution in [2.24, 2.45) is 0 Å². The Balaban J connectivity index is 2.04. The van der Waals surface area contributed by atoms with E-state index < -0.39 is 5.43 Å². The second-order valence-corrected chi connectivity index (χ2v) is 8.09. The molecule has 0 bridgehead atoms. The van der Waals surface area contributed by atoms with Crippen molar-refractivity contribution in [2.75, 3.05) is 0 Å². The van der Waals surface area contributed by atoms with Crippen molar-refractivity contribution in [1.82, 2.24) is 0 Å². The van der Waals surface area contributed by atoms with Crippen LogP contribution in [0.4, 0.5) is 0 Å². The molecular formula is C22H22O6. The fourth-order valence-electron chi connectivity index (χ4n) is 4.60. The largest absolute Gasteiger partial charge is 0.507 e. The third kappa shape index (κ3) is 1.90. The molecule has 6 nitrogen and oxygen atoms in total. The van der Waals surface area contributed by atoms with Gasteiger partial charge in [-0.05, 0) is 26.3 Å². The quantitative estimate of drug-likeness (QED) is 0.561. The first-order valence-corrected chi connectivity index (χ1v) is 9.57. The number of aromatic hydroxyl groups is 2. The fourth-order valence-corrected chi connectivity index (χ4v) is 4.60. The predicted octanol–water partition coefficient (Wildman–Crippen LogP) is 4.39. The number of hydrogen-bond acceptors (Lipinski definition) is 6. The van der Waals surface area contributed by atoms with Crippen LogP contribution in [0.25, 0.3) is 22.3 Å². The molecule has 0 unspecified atom stereocenters.